The third-order valence-corrected chi connectivity index (χ3v) is 3.27. The number of halogens is 1. The Kier molecular flexibility index (Phi) is 4.47. The normalized spacial score (nSPS) is 10.1. The summed E-state index contributed by atoms with van der Waals surface area (Å²) in [6, 6.07) is 8.01. The predicted molar refractivity (Wildman–Crippen MR) is 77.7 cm³/mol. The van der Waals surface area contributed by atoms with Gasteiger partial charge in [0.05, 0.1) is 17.7 Å². The van der Waals surface area contributed by atoms with E-state index in [4.69, 9.17) is 5.11 Å². The van der Waals surface area contributed by atoms with Crippen LogP contribution in [0.25, 0.3) is 0 Å². The third-order valence-electron chi connectivity index (χ3n) is 2.57. The summed E-state index contributed by atoms with van der Waals surface area (Å²) >= 11 is 3.27. The van der Waals surface area contributed by atoms with Gasteiger partial charge < -0.3 is 10.4 Å². The van der Waals surface area contributed by atoms with Crippen molar-refractivity contribution < 1.29 is 14.7 Å². The molecule has 0 unspecified atom stereocenters. The van der Waals surface area contributed by atoms with E-state index < -0.39 is 5.97 Å². The molecular weight excluding hydrogens is 324 g/mol. The van der Waals surface area contributed by atoms with Crippen molar-refractivity contribution in [3.8, 4) is 0 Å². The van der Waals surface area contributed by atoms with Crippen LogP contribution in [0.15, 0.2) is 47.2 Å². The fourth-order valence-electron chi connectivity index (χ4n) is 1.64. The molecule has 0 aliphatic rings. The number of aromatic nitrogens is 1. The summed E-state index contributed by atoms with van der Waals surface area (Å²) in [5.74, 6) is -1.28. The van der Waals surface area contributed by atoms with Crippen molar-refractivity contribution in [2.24, 2.45) is 0 Å². The number of carboxylic acid groups (broad SMARTS) is 1. The molecule has 1 amide bonds. The Morgan fingerprint density at radius 1 is 1.30 bits per heavy atom. The van der Waals surface area contributed by atoms with Crippen LogP contribution >= 0.6 is 15.9 Å². The van der Waals surface area contributed by atoms with Crippen LogP contribution in [-0.2, 0) is 11.2 Å². The summed E-state index contributed by atoms with van der Waals surface area (Å²) in [6.45, 7) is 0. The van der Waals surface area contributed by atoms with Gasteiger partial charge in [0, 0.05) is 16.9 Å². The molecule has 0 radical (unpaired) electrons. The molecule has 0 aliphatic carbocycles. The molecule has 102 valence electrons. The number of carbonyl (C=O) groups excluding carboxylic acids is 1. The van der Waals surface area contributed by atoms with Gasteiger partial charge in [-0.2, -0.15) is 0 Å². The fourth-order valence-corrected chi connectivity index (χ4v) is 1.98. The molecule has 1 aromatic heterocycles. The summed E-state index contributed by atoms with van der Waals surface area (Å²) < 4.78 is 0.627. The first-order valence-electron chi connectivity index (χ1n) is 5.78. The maximum atomic E-state index is 11.9. The maximum Gasteiger partial charge on any atom is 0.335 e. The predicted octanol–water partition coefficient (Wildman–Crippen LogP) is 2.72. The molecule has 1 heterocycles. The van der Waals surface area contributed by atoms with Gasteiger partial charge in [-0.25, -0.2) is 4.79 Å². The van der Waals surface area contributed by atoms with E-state index in [-0.39, 0.29) is 17.9 Å². The van der Waals surface area contributed by atoms with Gasteiger partial charge in [0.1, 0.15) is 0 Å². The first-order chi connectivity index (χ1) is 9.56. The average Bonchev–Trinajstić information content (AvgIpc) is 2.42. The first kappa shape index (κ1) is 14.2. The van der Waals surface area contributed by atoms with E-state index in [0.717, 1.165) is 5.56 Å². The smallest absolute Gasteiger partial charge is 0.335 e. The van der Waals surface area contributed by atoms with E-state index in [1.807, 2.05) is 0 Å². The Morgan fingerprint density at radius 2 is 2.10 bits per heavy atom. The van der Waals surface area contributed by atoms with Crippen molar-refractivity contribution in [2.75, 3.05) is 5.32 Å². The van der Waals surface area contributed by atoms with E-state index in [1.165, 1.54) is 12.1 Å². The number of pyridine rings is 1. The number of aromatic carboxylic acids is 1. The number of carboxylic acids is 1. The Bertz CT molecular complexity index is 644. The maximum absolute atomic E-state index is 11.9. The third kappa shape index (κ3) is 3.64. The number of benzene rings is 1. The lowest BCUT2D eigenvalue weighted by molar-refractivity contribution is -0.115. The topological polar surface area (TPSA) is 79.3 Å². The highest BCUT2D eigenvalue weighted by Gasteiger charge is 2.10. The lowest BCUT2D eigenvalue weighted by Gasteiger charge is -2.08. The molecule has 0 fully saturated rings. The van der Waals surface area contributed by atoms with Crippen molar-refractivity contribution in [1.29, 1.82) is 0 Å². The summed E-state index contributed by atoms with van der Waals surface area (Å²) in [5.41, 5.74) is 1.33. The second kappa shape index (κ2) is 6.29. The highest BCUT2D eigenvalue weighted by atomic mass is 79.9. The average molecular weight is 335 g/mol. The number of hydrogen-bond donors (Lipinski definition) is 2. The van der Waals surface area contributed by atoms with Crippen molar-refractivity contribution in [3.05, 3.63) is 58.3 Å². The molecule has 1 aromatic carbocycles. The van der Waals surface area contributed by atoms with Gasteiger partial charge in [-0.3, -0.25) is 9.78 Å². The molecule has 0 atom stereocenters. The second-order valence-electron chi connectivity index (χ2n) is 4.09. The molecule has 0 spiro atoms. The quantitative estimate of drug-likeness (QED) is 0.900. The number of anilines is 1. The van der Waals surface area contributed by atoms with E-state index in [9.17, 15) is 9.59 Å². The molecular formula is C14H11BrN2O3. The Balaban J connectivity index is 2.11. The minimum absolute atomic E-state index is 0.116. The van der Waals surface area contributed by atoms with E-state index in [1.54, 1.807) is 30.6 Å². The van der Waals surface area contributed by atoms with Crippen LogP contribution in [0.2, 0.25) is 0 Å². The molecule has 0 bridgehead atoms. The summed E-state index contributed by atoms with van der Waals surface area (Å²) in [5, 5.41) is 11.6. The van der Waals surface area contributed by atoms with Crippen molar-refractivity contribution in [3.63, 3.8) is 0 Å². The lowest BCUT2D eigenvalue weighted by atomic mass is 10.2. The van der Waals surface area contributed by atoms with Crippen LogP contribution in [-0.4, -0.2) is 22.0 Å². The SMILES string of the molecule is O=C(Cc1cccnc1)Nc1cc(C(=O)O)ccc1Br. The van der Waals surface area contributed by atoms with Gasteiger partial charge in [0.15, 0.2) is 0 Å². The first-order valence-corrected chi connectivity index (χ1v) is 6.57. The number of rotatable bonds is 4. The van der Waals surface area contributed by atoms with E-state index in [2.05, 4.69) is 26.2 Å². The molecule has 0 saturated heterocycles. The van der Waals surface area contributed by atoms with Crippen molar-refractivity contribution >= 4 is 33.5 Å². The number of carbonyl (C=O) groups is 2. The highest BCUT2D eigenvalue weighted by Crippen LogP contribution is 2.23. The van der Waals surface area contributed by atoms with Crippen LogP contribution < -0.4 is 5.32 Å². The van der Waals surface area contributed by atoms with Gasteiger partial charge in [0.25, 0.3) is 0 Å². The molecule has 20 heavy (non-hydrogen) atoms. The number of hydrogen-bond acceptors (Lipinski definition) is 3. The molecule has 2 rings (SSSR count). The van der Waals surface area contributed by atoms with Gasteiger partial charge >= 0.3 is 5.97 Å². The lowest BCUT2D eigenvalue weighted by Crippen LogP contribution is -2.15. The van der Waals surface area contributed by atoms with Crippen LogP contribution in [0, 0.1) is 0 Å². The number of nitrogens with one attached hydrogen (secondary N) is 1. The standard InChI is InChI=1S/C14H11BrN2O3/c15-11-4-3-10(14(19)20)7-12(11)17-13(18)6-9-2-1-5-16-8-9/h1-5,7-8H,6H2,(H,17,18)(H,19,20). The molecule has 0 aliphatic heterocycles. The molecule has 2 aromatic rings. The highest BCUT2D eigenvalue weighted by molar-refractivity contribution is 9.10. The van der Waals surface area contributed by atoms with Gasteiger partial charge in [0.2, 0.25) is 5.91 Å². The zero-order valence-electron chi connectivity index (χ0n) is 10.3. The fraction of sp³-hybridized carbons (Fsp3) is 0.0714. The molecule has 2 N–H and O–H groups in total. The summed E-state index contributed by atoms with van der Waals surface area (Å²) in [7, 11) is 0. The molecule has 0 saturated carbocycles. The van der Waals surface area contributed by atoms with Crippen LogP contribution in [0.1, 0.15) is 15.9 Å². The van der Waals surface area contributed by atoms with Gasteiger partial charge in [-0.05, 0) is 45.8 Å². The van der Waals surface area contributed by atoms with Crippen LogP contribution in [0.3, 0.4) is 0 Å². The minimum atomic E-state index is -1.04. The van der Waals surface area contributed by atoms with Gasteiger partial charge in [-0.15, -0.1) is 0 Å². The number of nitrogens with zero attached hydrogens (tertiary/aromatic N) is 1. The van der Waals surface area contributed by atoms with Crippen LogP contribution in [0.5, 0.6) is 0 Å². The Hall–Kier alpha value is -2.21. The van der Waals surface area contributed by atoms with Crippen LogP contribution in [0.4, 0.5) is 5.69 Å². The monoisotopic (exact) mass is 334 g/mol. The zero-order valence-corrected chi connectivity index (χ0v) is 11.9. The number of amides is 1. The minimum Gasteiger partial charge on any atom is -0.478 e. The van der Waals surface area contributed by atoms with Crippen molar-refractivity contribution in [1.82, 2.24) is 4.98 Å². The van der Waals surface area contributed by atoms with Crippen molar-refractivity contribution in [2.45, 2.75) is 6.42 Å². The largest absolute Gasteiger partial charge is 0.478 e. The van der Waals surface area contributed by atoms with E-state index in [0.29, 0.717) is 10.2 Å². The Morgan fingerprint density at radius 3 is 2.75 bits per heavy atom. The summed E-state index contributed by atoms with van der Waals surface area (Å²) in [4.78, 5) is 26.7. The zero-order chi connectivity index (χ0) is 14.5. The van der Waals surface area contributed by atoms with E-state index >= 15 is 0 Å². The molecule has 6 heteroatoms. The molecule has 5 nitrogen and oxygen atoms in total. The summed E-state index contributed by atoms with van der Waals surface area (Å²) in [6.07, 6.45) is 3.42. The van der Waals surface area contributed by atoms with Gasteiger partial charge in [-0.1, -0.05) is 6.07 Å². The Labute approximate surface area is 123 Å². The second-order valence-corrected chi connectivity index (χ2v) is 4.94.